The Morgan fingerprint density at radius 3 is 1.32 bits per heavy atom. The predicted octanol–water partition coefficient (Wildman–Crippen LogP) is 6.65. The van der Waals surface area contributed by atoms with Gasteiger partial charge in [0.1, 0.15) is 6.29 Å². The van der Waals surface area contributed by atoms with Gasteiger partial charge in [0.2, 0.25) is 0 Å². The molecule has 0 spiro atoms. The molecule has 0 aliphatic rings. The second-order valence-electron chi connectivity index (χ2n) is 5.97. The van der Waals surface area contributed by atoms with E-state index in [2.05, 4.69) is 0 Å². The monoisotopic (exact) mass is 446 g/mol. The van der Waals surface area contributed by atoms with E-state index in [1.807, 2.05) is 0 Å². The summed E-state index contributed by atoms with van der Waals surface area (Å²) in [7, 11) is 0. The zero-order valence-corrected chi connectivity index (χ0v) is 13.8. The first-order chi connectivity index (χ1) is 12.3. The minimum absolute atomic E-state index is 0.0776. The molecule has 0 aliphatic heterocycles. The molecule has 0 atom stereocenters. The minimum Gasteiger partial charge on any atom is -0.303 e. The van der Waals surface area contributed by atoms with E-state index >= 15 is 0 Å². The molecule has 0 N–H and O–H groups in total. The molecule has 0 aliphatic carbocycles. The van der Waals surface area contributed by atoms with E-state index in [1.54, 1.807) is 0 Å². The van der Waals surface area contributed by atoms with Gasteiger partial charge in [-0.1, -0.05) is 19.3 Å². The lowest BCUT2D eigenvalue weighted by molar-refractivity contribution is -0.440. The second-order valence-corrected chi connectivity index (χ2v) is 5.97. The van der Waals surface area contributed by atoms with Crippen molar-refractivity contribution in [1.82, 2.24) is 0 Å². The third kappa shape index (κ3) is 4.84. The summed E-state index contributed by atoms with van der Waals surface area (Å²) in [5, 5.41) is 0. The van der Waals surface area contributed by atoms with Gasteiger partial charge in [-0.15, -0.1) is 0 Å². The number of alkyl halides is 13. The Labute approximate surface area is 150 Å². The van der Waals surface area contributed by atoms with Crippen LogP contribution in [0.15, 0.2) is 0 Å². The van der Waals surface area contributed by atoms with Crippen LogP contribution in [0.5, 0.6) is 0 Å². The Morgan fingerprint density at radius 2 is 0.893 bits per heavy atom. The molecule has 28 heavy (non-hydrogen) atoms. The topological polar surface area (TPSA) is 17.1 Å². The molecular weight excluding hydrogens is 431 g/mol. The maximum atomic E-state index is 13.4. The Hall–Kier alpha value is -1.24. The summed E-state index contributed by atoms with van der Waals surface area (Å²) in [6, 6.07) is 0. The standard InChI is InChI=1S/C14H15F13O/c15-9(16,7-5-3-1-2-4-6-8-28)10(17,18)11(19,20)12(21,22)13(23,24)14(25,26)27/h8H,1-7H2. The Balaban J connectivity index is 5.37. The van der Waals surface area contributed by atoms with Gasteiger partial charge in [0, 0.05) is 12.8 Å². The molecule has 0 saturated heterocycles. The van der Waals surface area contributed by atoms with Crippen molar-refractivity contribution in [3.05, 3.63) is 0 Å². The molecule has 0 fully saturated rings. The summed E-state index contributed by atoms with van der Waals surface area (Å²) in [5.41, 5.74) is 0. The lowest BCUT2D eigenvalue weighted by Crippen LogP contribution is -2.70. The van der Waals surface area contributed by atoms with Gasteiger partial charge >= 0.3 is 35.8 Å². The molecule has 0 rings (SSSR count). The normalized spacial score (nSPS) is 15.0. The molecule has 0 bridgehead atoms. The summed E-state index contributed by atoms with van der Waals surface area (Å²) in [5.74, 6) is -36.5. The molecule has 0 saturated carbocycles. The third-order valence-corrected chi connectivity index (χ3v) is 3.81. The molecule has 1 nitrogen and oxygen atoms in total. The van der Waals surface area contributed by atoms with E-state index in [1.165, 1.54) is 0 Å². The van der Waals surface area contributed by atoms with E-state index in [4.69, 9.17) is 0 Å². The fraction of sp³-hybridized carbons (Fsp3) is 0.929. The van der Waals surface area contributed by atoms with Crippen LogP contribution in [0.2, 0.25) is 0 Å². The van der Waals surface area contributed by atoms with Gasteiger partial charge in [-0.3, -0.25) is 0 Å². The highest BCUT2D eigenvalue weighted by Crippen LogP contribution is 2.60. The second kappa shape index (κ2) is 8.64. The number of carbonyl (C=O) groups excluding carboxylic acids is 1. The Morgan fingerprint density at radius 1 is 0.500 bits per heavy atom. The quantitative estimate of drug-likeness (QED) is 0.186. The van der Waals surface area contributed by atoms with Crippen LogP contribution in [-0.2, 0) is 4.79 Å². The van der Waals surface area contributed by atoms with Crippen LogP contribution in [0.1, 0.15) is 44.9 Å². The molecule has 168 valence electrons. The van der Waals surface area contributed by atoms with E-state index in [9.17, 15) is 61.9 Å². The summed E-state index contributed by atoms with van der Waals surface area (Å²) < 4.78 is 167. The van der Waals surface area contributed by atoms with E-state index in [0.29, 0.717) is 12.7 Å². The van der Waals surface area contributed by atoms with Crippen LogP contribution in [0, 0.1) is 0 Å². The van der Waals surface area contributed by atoms with Gasteiger partial charge in [-0.25, -0.2) is 0 Å². The average molecular weight is 446 g/mol. The first-order valence-electron chi connectivity index (χ1n) is 7.70. The smallest absolute Gasteiger partial charge is 0.303 e. The van der Waals surface area contributed by atoms with Gasteiger partial charge in [-0.2, -0.15) is 57.1 Å². The highest BCUT2D eigenvalue weighted by molar-refractivity contribution is 5.48. The lowest BCUT2D eigenvalue weighted by Gasteiger charge is -2.39. The van der Waals surface area contributed by atoms with Crippen LogP contribution < -0.4 is 0 Å². The lowest BCUT2D eigenvalue weighted by atomic mass is 9.91. The maximum absolute atomic E-state index is 13.4. The fourth-order valence-electron chi connectivity index (χ4n) is 2.06. The number of rotatable bonds is 12. The number of halogens is 13. The van der Waals surface area contributed by atoms with Crippen molar-refractivity contribution in [3.63, 3.8) is 0 Å². The number of aldehydes is 1. The molecule has 0 aromatic heterocycles. The molecular formula is C14H15F13O. The largest absolute Gasteiger partial charge is 0.460 e. The van der Waals surface area contributed by atoms with Crippen molar-refractivity contribution in [1.29, 1.82) is 0 Å². The third-order valence-electron chi connectivity index (χ3n) is 3.81. The van der Waals surface area contributed by atoms with Crippen molar-refractivity contribution in [2.75, 3.05) is 0 Å². The SMILES string of the molecule is O=CCCCCCCCC(F)(F)C(F)(F)C(F)(F)C(F)(F)C(F)(F)C(F)(F)F. The van der Waals surface area contributed by atoms with Crippen LogP contribution in [0.25, 0.3) is 0 Å². The Bertz CT molecular complexity index is 510. The van der Waals surface area contributed by atoms with Crippen LogP contribution in [0.3, 0.4) is 0 Å². The molecule has 0 amide bonds. The van der Waals surface area contributed by atoms with Crippen molar-refractivity contribution in [3.8, 4) is 0 Å². The molecule has 0 radical (unpaired) electrons. The first-order valence-corrected chi connectivity index (χ1v) is 7.70. The van der Waals surface area contributed by atoms with Gasteiger partial charge in [0.05, 0.1) is 0 Å². The molecule has 0 unspecified atom stereocenters. The van der Waals surface area contributed by atoms with Crippen molar-refractivity contribution in [2.24, 2.45) is 0 Å². The Kier molecular flexibility index (Phi) is 8.25. The highest BCUT2D eigenvalue weighted by Gasteiger charge is 2.90. The maximum Gasteiger partial charge on any atom is 0.460 e. The van der Waals surface area contributed by atoms with Gasteiger partial charge in [0.25, 0.3) is 0 Å². The molecule has 14 heteroatoms. The van der Waals surface area contributed by atoms with Crippen molar-refractivity contribution < 1.29 is 61.9 Å². The minimum atomic E-state index is -7.85. The molecule has 0 heterocycles. The number of hydrogen-bond donors (Lipinski definition) is 0. The van der Waals surface area contributed by atoms with Crippen molar-refractivity contribution >= 4 is 6.29 Å². The zero-order valence-electron chi connectivity index (χ0n) is 13.8. The van der Waals surface area contributed by atoms with E-state index in [-0.39, 0.29) is 25.7 Å². The van der Waals surface area contributed by atoms with Crippen LogP contribution in [-0.4, -0.2) is 42.1 Å². The molecule has 0 aromatic rings. The van der Waals surface area contributed by atoms with E-state index in [0.717, 1.165) is 0 Å². The first kappa shape index (κ1) is 26.8. The van der Waals surface area contributed by atoms with Crippen LogP contribution >= 0.6 is 0 Å². The number of unbranched alkanes of at least 4 members (excludes halogenated alkanes) is 5. The zero-order chi connectivity index (χ0) is 22.7. The summed E-state index contributed by atoms with van der Waals surface area (Å²) >= 11 is 0. The van der Waals surface area contributed by atoms with E-state index < -0.39 is 48.6 Å². The number of hydrogen-bond acceptors (Lipinski definition) is 1. The predicted molar refractivity (Wildman–Crippen MR) is 69.2 cm³/mol. The molecule has 0 aromatic carbocycles. The van der Waals surface area contributed by atoms with Crippen molar-refractivity contribution in [2.45, 2.75) is 80.7 Å². The van der Waals surface area contributed by atoms with Gasteiger partial charge < -0.3 is 4.79 Å². The van der Waals surface area contributed by atoms with Gasteiger partial charge in [0.15, 0.2) is 0 Å². The summed E-state index contributed by atoms with van der Waals surface area (Å²) in [4.78, 5) is 10.0. The highest BCUT2D eigenvalue weighted by atomic mass is 19.4. The summed E-state index contributed by atoms with van der Waals surface area (Å²) in [6.45, 7) is 0. The van der Waals surface area contributed by atoms with Crippen LogP contribution in [0.4, 0.5) is 57.1 Å². The fourth-order valence-corrected chi connectivity index (χ4v) is 2.06. The number of carbonyl (C=O) groups is 1. The summed E-state index contributed by atoms with van der Waals surface area (Å²) in [6.07, 6.45) is -9.46. The average Bonchev–Trinajstić information content (AvgIpc) is 2.52. The van der Waals surface area contributed by atoms with Gasteiger partial charge in [-0.05, 0) is 12.8 Å².